The van der Waals surface area contributed by atoms with Crippen molar-refractivity contribution in [2.75, 3.05) is 37.1 Å². The van der Waals surface area contributed by atoms with Gasteiger partial charge in [-0.2, -0.15) is 0 Å². The second-order valence-corrected chi connectivity index (χ2v) is 4.32. The van der Waals surface area contributed by atoms with Crippen molar-refractivity contribution in [1.29, 1.82) is 0 Å². The van der Waals surface area contributed by atoms with Gasteiger partial charge in [-0.15, -0.1) is 0 Å². The molecule has 1 aromatic rings. The molecule has 1 aliphatic rings. The van der Waals surface area contributed by atoms with Crippen LogP contribution in [0.3, 0.4) is 0 Å². The van der Waals surface area contributed by atoms with Crippen LogP contribution in [0.15, 0.2) is 12.4 Å². The predicted octanol–water partition coefficient (Wildman–Crippen LogP) is 0.625. The molecule has 1 saturated heterocycles. The summed E-state index contributed by atoms with van der Waals surface area (Å²) in [5.41, 5.74) is 2.52. The van der Waals surface area contributed by atoms with Crippen molar-refractivity contribution < 1.29 is 4.74 Å². The first-order chi connectivity index (χ1) is 8.33. The van der Waals surface area contributed by atoms with Gasteiger partial charge >= 0.3 is 0 Å². The lowest BCUT2D eigenvalue weighted by Gasteiger charge is -2.33. The Bertz CT molecular complexity index is 357. The summed E-state index contributed by atoms with van der Waals surface area (Å²) in [4.78, 5) is 10.8. The summed E-state index contributed by atoms with van der Waals surface area (Å²) in [6.45, 7) is 2.79. The summed E-state index contributed by atoms with van der Waals surface area (Å²) in [6.07, 6.45) is 5.76. The Hall–Kier alpha value is -1.40. The van der Waals surface area contributed by atoms with Crippen molar-refractivity contribution in [1.82, 2.24) is 9.97 Å². The first kappa shape index (κ1) is 12.1. The van der Waals surface area contributed by atoms with E-state index in [0.29, 0.717) is 11.7 Å². The van der Waals surface area contributed by atoms with Crippen molar-refractivity contribution in [3.63, 3.8) is 0 Å². The minimum atomic E-state index is 0.574. The van der Waals surface area contributed by atoms with E-state index >= 15 is 0 Å². The maximum Gasteiger partial charge on any atom is 0.160 e. The molecule has 3 N–H and O–H groups in total. The topological polar surface area (TPSA) is 76.3 Å². The number of anilines is 2. The summed E-state index contributed by atoms with van der Waals surface area (Å²) in [5.74, 6) is 7.38. The molecule has 0 aliphatic carbocycles. The highest BCUT2D eigenvalue weighted by Crippen LogP contribution is 2.21. The zero-order chi connectivity index (χ0) is 12.1. The lowest BCUT2D eigenvalue weighted by Crippen LogP contribution is -2.37. The van der Waals surface area contributed by atoms with E-state index in [2.05, 4.69) is 20.3 Å². The Morgan fingerprint density at radius 2 is 2.47 bits per heavy atom. The number of rotatable bonds is 4. The van der Waals surface area contributed by atoms with E-state index in [9.17, 15) is 0 Å². The monoisotopic (exact) mass is 237 g/mol. The van der Waals surface area contributed by atoms with E-state index in [1.54, 1.807) is 19.5 Å². The number of aromatic nitrogens is 2. The highest BCUT2D eigenvalue weighted by Gasteiger charge is 2.21. The number of hydrogen-bond donors (Lipinski definition) is 2. The van der Waals surface area contributed by atoms with E-state index < -0.39 is 0 Å². The van der Waals surface area contributed by atoms with E-state index in [-0.39, 0.29) is 0 Å². The highest BCUT2D eigenvalue weighted by atomic mass is 16.5. The Labute approximate surface area is 101 Å². The van der Waals surface area contributed by atoms with Crippen LogP contribution in [0.2, 0.25) is 0 Å². The molecular weight excluding hydrogens is 218 g/mol. The van der Waals surface area contributed by atoms with Gasteiger partial charge in [-0.3, -0.25) is 4.98 Å². The fraction of sp³-hybridized carbons (Fsp3) is 0.636. The smallest absolute Gasteiger partial charge is 0.160 e. The second kappa shape index (κ2) is 5.79. The molecule has 0 radical (unpaired) electrons. The van der Waals surface area contributed by atoms with E-state index in [4.69, 9.17) is 10.6 Å². The van der Waals surface area contributed by atoms with E-state index in [1.807, 2.05) is 0 Å². The quantitative estimate of drug-likeness (QED) is 0.590. The number of hydrazine groups is 1. The molecule has 0 amide bonds. The molecular formula is C11H19N5O. The number of nitrogens with two attached hydrogens (primary N) is 1. The summed E-state index contributed by atoms with van der Waals surface area (Å²) in [7, 11) is 1.75. The molecule has 2 heterocycles. The van der Waals surface area contributed by atoms with Gasteiger partial charge in [0.15, 0.2) is 5.82 Å². The first-order valence-electron chi connectivity index (χ1n) is 5.86. The third-order valence-electron chi connectivity index (χ3n) is 3.02. The van der Waals surface area contributed by atoms with Crippen LogP contribution in [-0.4, -0.2) is 36.8 Å². The number of ether oxygens (including phenoxy) is 1. The summed E-state index contributed by atoms with van der Waals surface area (Å²) in [5, 5.41) is 0. The molecule has 2 rings (SSSR count). The normalized spacial score (nSPS) is 20.4. The fourth-order valence-electron chi connectivity index (χ4n) is 2.22. The van der Waals surface area contributed by atoms with Crippen molar-refractivity contribution in [2.24, 2.45) is 11.8 Å². The zero-order valence-corrected chi connectivity index (χ0v) is 10.1. The third kappa shape index (κ3) is 3.04. The molecule has 17 heavy (non-hydrogen) atoms. The lowest BCUT2D eigenvalue weighted by atomic mass is 9.99. The molecule has 6 nitrogen and oxygen atoms in total. The molecule has 1 aliphatic heterocycles. The third-order valence-corrected chi connectivity index (χ3v) is 3.02. The van der Waals surface area contributed by atoms with E-state index in [0.717, 1.165) is 31.9 Å². The predicted molar refractivity (Wildman–Crippen MR) is 66.7 cm³/mol. The van der Waals surface area contributed by atoms with Crippen molar-refractivity contribution >= 4 is 11.6 Å². The molecule has 1 aromatic heterocycles. The van der Waals surface area contributed by atoms with Gasteiger partial charge in [-0.1, -0.05) is 0 Å². The van der Waals surface area contributed by atoms with Gasteiger partial charge in [0.1, 0.15) is 5.82 Å². The minimum absolute atomic E-state index is 0.574. The van der Waals surface area contributed by atoms with Gasteiger partial charge in [-0.05, 0) is 18.8 Å². The van der Waals surface area contributed by atoms with Gasteiger partial charge in [0.25, 0.3) is 0 Å². The number of piperidine rings is 1. The average molecular weight is 237 g/mol. The van der Waals surface area contributed by atoms with Crippen LogP contribution in [-0.2, 0) is 4.74 Å². The minimum Gasteiger partial charge on any atom is -0.384 e. The van der Waals surface area contributed by atoms with Crippen LogP contribution >= 0.6 is 0 Å². The van der Waals surface area contributed by atoms with Crippen molar-refractivity contribution in [3.8, 4) is 0 Å². The molecule has 0 bridgehead atoms. The van der Waals surface area contributed by atoms with E-state index in [1.165, 1.54) is 6.42 Å². The molecule has 6 heteroatoms. The average Bonchev–Trinajstić information content (AvgIpc) is 2.40. The standard InChI is InChI=1S/C11H19N5O/c1-17-8-9-3-2-4-16(7-9)11-6-13-5-10(14-11)15-12/h5-6,9H,2-4,7-8,12H2,1H3,(H,14,15). The van der Waals surface area contributed by atoms with Crippen molar-refractivity contribution in [2.45, 2.75) is 12.8 Å². The zero-order valence-electron chi connectivity index (χ0n) is 10.1. The van der Waals surface area contributed by atoms with Crippen LogP contribution in [0, 0.1) is 5.92 Å². The molecule has 0 saturated carbocycles. The van der Waals surface area contributed by atoms with Crippen LogP contribution in [0.4, 0.5) is 11.6 Å². The Morgan fingerprint density at radius 1 is 1.59 bits per heavy atom. The number of hydrogen-bond acceptors (Lipinski definition) is 6. The molecule has 94 valence electrons. The molecule has 1 unspecified atom stereocenters. The SMILES string of the molecule is COCC1CCCN(c2cncc(NN)n2)C1. The number of methoxy groups -OCH3 is 1. The van der Waals surface area contributed by atoms with Crippen LogP contribution < -0.4 is 16.2 Å². The molecule has 1 fully saturated rings. The molecule has 1 atom stereocenters. The second-order valence-electron chi connectivity index (χ2n) is 4.32. The lowest BCUT2D eigenvalue weighted by molar-refractivity contribution is 0.143. The number of nitrogen functional groups attached to an aromatic ring is 1. The van der Waals surface area contributed by atoms with Gasteiger partial charge in [0, 0.05) is 20.2 Å². The Morgan fingerprint density at radius 3 is 3.24 bits per heavy atom. The Kier molecular flexibility index (Phi) is 4.11. The molecule has 0 aromatic carbocycles. The Balaban J connectivity index is 2.05. The van der Waals surface area contributed by atoms with Gasteiger partial charge in [0.2, 0.25) is 0 Å². The van der Waals surface area contributed by atoms with Crippen LogP contribution in [0.1, 0.15) is 12.8 Å². The van der Waals surface area contributed by atoms with Gasteiger partial charge in [0.05, 0.1) is 19.0 Å². The highest BCUT2D eigenvalue weighted by molar-refractivity contribution is 5.43. The summed E-state index contributed by atoms with van der Waals surface area (Å²) < 4.78 is 5.22. The van der Waals surface area contributed by atoms with Gasteiger partial charge < -0.3 is 15.1 Å². The maximum absolute atomic E-state index is 5.33. The fourth-order valence-corrected chi connectivity index (χ4v) is 2.22. The van der Waals surface area contributed by atoms with Crippen molar-refractivity contribution in [3.05, 3.63) is 12.4 Å². The van der Waals surface area contributed by atoms with Gasteiger partial charge in [-0.25, -0.2) is 10.8 Å². The first-order valence-corrected chi connectivity index (χ1v) is 5.86. The number of nitrogens with one attached hydrogen (secondary N) is 1. The largest absolute Gasteiger partial charge is 0.384 e. The molecule has 0 spiro atoms. The van der Waals surface area contributed by atoms with Crippen LogP contribution in [0.25, 0.3) is 0 Å². The summed E-state index contributed by atoms with van der Waals surface area (Å²) >= 11 is 0. The summed E-state index contributed by atoms with van der Waals surface area (Å²) in [6, 6.07) is 0. The maximum atomic E-state index is 5.33. The van der Waals surface area contributed by atoms with Crippen LogP contribution in [0.5, 0.6) is 0 Å². The number of nitrogens with zero attached hydrogens (tertiary/aromatic N) is 3.